The topological polar surface area (TPSA) is 134 Å². The Kier molecular flexibility index (Phi) is 47.3. The zero-order valence-electron chi connectivity index (χ0n) is 40.4. The predicted octanol–water partition coefficient (Wildman–Crippen LogP) is 15.7. The number of hydrogen-bond donors (Lipinski definition) is 2. The van der Waals surface area contributed by atoms with E-state index in [0.717, 1.165) is 44.9 Å². The lowest BCUT2D eigenvalue weighted by Crippen LogP contribution is -2.29. The minimum atomic E-state index is -4.37. The van der Waals surface area contributed by atoms with Crippen LogP contribution in [-0.2, 0) is 32.7 Å². The lowest BCUT2D eigenvalue weighted by Gasteiger charge is -2.19. The lowest BCUT2D eigenvalue weighted by atomic mass is 10.0. The van der Waals surface area contributed by atoms with Gasteiger partial charge in [0.05, 0.1) is 13.2 Å². The highest BCUT2D eigenvalue weighted by molar-refractivity contribution is 7.47. The van der Waals surface area contributed by atoms with Crippen LogP contribution in [0.15, 0.2) is 36.5 Å². The van der Waals surface area contributed by atoms with Crippen LogP contribution in [0.4, 0.5) is 0 Å². The minimum absolute atomic E-state index is 0.0551. The van der Waals surface area contributed by atoms with Gasteiger partial charge in [-0.1, -0.05) is 224 Å². The molecular formula is C52H98NO8P. The molecule has 0 aliphatic rings. The van der Waals surface area contributed by atoms with E-state index in [9.17, 15) is 19.0 Å². The van der Waals surface area contributed by atoms with Crippen molar-refractivity contribution in [2.24, 2.45) is 5.73 Å². The lowest BCUT2D eigenvalue weighted by molar-refractivity contribution is -0.161. The van der Waals surface area contributed by atoms with Crippen molar-refractivity contribution in [3.63, 3.8) is 0 Å². The third kappa shape index (κ3) is 47.7. The zero-order valence-corrected chi connectivity index (χ0v) is 41.3. The molecule has 0 aromatic heterocycles. The summed E-state index contributed by atoms with van der Waals surface area (Å²) in [5.74, 6) is -0.821. The number of phosphoric ester groups is 1. The van der Waals surface area contributed by atoms with Gasteiger partial charge in [0.1, 0.15) is 6.61 Å². The number of hydrogen-bond acceptors (Lipinski definition) is 8. The molecule has 3 N–H and O–H groups in total. The Morgan fingerprint density at radius 1 is 0.484 bits per heavy atom. The summed E-state index contributed by atoms with van der Waals surface area (Å²) in [6.45, 7) is 3.73. The van der Waals surface area contributed by atoms with Crippen LogP contribution in [0.5, 0.6) is 0 Å². The van der Waals surface area contributed by atoms with E-state index < -0.39 is 26.5 Å². The van der Waals surface area contributed by atoms with Crippen molar-refractivity contribution < 1.29 is 37.6 Å². The summed E-state index contributed by atoms with van der Waals surface area (Å²) in [5, 5.41) is 0. The summed E-state index contributed by atoms with van der Waals surface area (Å²) in [6.07, 6.45) is 56.4. The molecule has 364 valence electrons. The van der Waals surface area contributed by atoms with Gasteiger partial charge in [-0.15, -0.1) is 0 Å². The minimum Gasteiger partial charge on any atom is -0.462 e. The Hall–Kier alpha value is -1.77. The molecule has 0 rings (SSSR count). The molecule has 0 bridgehead atoms. The van der Waals surface area contributed by atoms with E-state index in [4.69, 9.17) is 24.3 Å². The van der Waals surface area contributed by atoms with E-state index in [1.165, 1.54) is 173 Å². The number of esters is 2. The highest BCUT2D eigenvalue weighted by atomic mass is 31.2. The Bertz CT molecular complexity index is 1110. The first-order valence-electron chi connectivity index (χ1n) is 26.0. The first-order valence-corrected chi connectivity index (χ1v) is 27.5. The van der Waals surface area contributed by atoms with Gasteiger partial charge in [0.2, 0.25) is 0 Å². The monoisotopic (exact) mass is 896 g/mol. The van der Waals surface area contributed by atoms with Crippen LogP contribution >= 0.6 is 7.82 Å². The molecule has 0 aromatic carbocycles. The van der Waals surface area contributed by atoms with Crippen LogP contribution in [0.2, 0.25) is 0 Å². The predicted molar refractivity (Wildman–Crippen MR) is 261 cm³/mol. The van der Waals surface area contributed by atoms with Gasteiger partial charge in [-0.3, -0.25) is 18.6 Å². The van der Waals surface area contributed by atoms with Crippen molar-refractivity contribution in [1.29, 1.82) is 0 Å². The van der Waals surface area contributed by atoms with E-state index in [0.29, 0.717) is 6.42 Å². The van der Waals surface area contributed by atoms with Crippen LogP contribution in [0, 0.1) is 0 Å². The van der Waals surface area contributed by atoms with E-state index in [2.05, 4.69) is 50.3 Å². The van der Waals surface area contributed by atoms with Crippen LogP contribution in [0.1, 0.15) is 251 Å². The molecule has 0 heterocycles. The van der Waals surface area contributed by atoms with Gasteiger partial charge in [-0.2, -0.15) is 0 Å². The fraction of sp³-hybridized carbons (Fsp3) is 0.846. The fourth-order valence-corrected chi connectivity index (χ4v) is 8.17. The highest BCUT2D eigenvalue weighted by Crippen LogP contribution is 2.43. The normalized spacial score (nSPS) is 13.4. The van der Waals surface area contributed by atoms with E-state index >= 15 is 0 Å². The Morgan fingerprint density at radius 3 is 1.24 bits per heavy atom. The van der Waals surface area contributed by atoms with Gasteiger partial charge >= 0.3 is 19.8 Å². The van der Waals surface area contributed by atoms with E-state index in [1.807, 2.05) is 0 Å². The number of carbonyl (C=O) groups excluding carboxylic acids is 2. The average molecular weight is 896 g/mol. The molecule has 0 saturated heterocycles. The molecule has 0 aliphatic heterocycles. The van der Waals surface area contributed by atoms with Crippen molar-refractivity contribution in [3.8, 4) is 0 Å². The summed E-state index contributed by atoms with van der Waals surface area (Å²) < 4.78 is 32.8. The van der Waals surface area contributed by atoms with Gasteiger partial charge in [-0.25, -0.2) is 4.57 Å². The number of allylic oxidation sites excluding steroid dienone is 6. The second-order valence-electron chi connectivity index (χ2n) is 17.4. The largest absolute Gasteiger partial charge is 0.472 e. The van der Waals surface area contributed by atoms with Crippen molar-refractivity contribution in [1.82, 2.24) is 0 Å². The number of nitrogens with two attached hydrogens (primary N) is 1. The Balaban J connectivity index is 3.86. The summed E-state index contributed by atoms with van der Waals surface area (Å²) in [6, 6.07) is 0. The molecule has 62 heavy (non-hydrogen) atoms. The molecule has 0 spiro atoms. The Morgan fingerprint density at radius 2 is 0.839 bits per heavy atom. The molecule has 10 heteroatoms. The third-order valence-corrected chi connectivity index (χ3v) is 12.3. The molecule has 0 aliphatic carbocycles. The highest BCUT2D eigenvalue weighted by Gasteiger charge is 2.26. The molecule has 0 fully saturated rings. The maximum absolute atomic E-state index is 12.6. The van der Waals surface area contributed by atoms with Crippen molar-refractivity contribution in [3.05, 3.63) is 36.5 Å². The first kappa shape index (κ1) is 60.2. The number of phosphoric acid groups is 1. The third-order valence-electron chi connectivity index (χ3n) is 11.3. The van der Waals surface area contributed by atoms with Gasteiger partial charge in [0.25, 0.3) is 0 Å². The summed E-state index contributed by atoms with van der Waals surface area (Å²) >= 11 is 0. The van der Waals surface area contributed by atoms with Crippen molar-refractivity contribution in [2.75, 3.05) is 26.4 Å². The Labute approximate surface area is 382 Å². The van der Waals surface area contributed by atoms with Crippen LogP contribution in [-0.4, -0.2) is 49.3 Å². The van der Waals surface area contributed by atoms with Gasteiger partial charge < -0.3 is 20.1 Å². The second kappa shape index (κ2) is 48.7. The van der Waals surface area contributed by atoms with Crippen molar-refractivity contribution in [2.45, 2.75) is 258 Å². The SMILES string of the molecule is CCCCCCC/C=C\C/C=C\C/C=C\CCCCCCCCCCCCCCCCCCC(=O)OC(COC(=O)CCCCCCCCCCCC)COP(=O)(O)OCCN. The summed E-state index contributed by atoms with van der Waals surface area (Å²) in [5.41, 5.74) is 5.36. The smallest absolute Gasteiger partial charge is 0.462 e. The summed E-state index contributed by atoms with van der Waals surface area (Å²) in [4.78, 5) is 34.9. The number of rotatable bonds is 49. The van der Waals surface area contributed by atoms with Gasteiger partial charge in [0.15, 0.2) is 6.10 Å². The molecule has 9 nitrogen and oxygen atoms in total. The molecule has 2 unspecified atom stereocenters. The molecular weight excluding hydrogens is 798 g/mol. The van der Waals surface area contributed by atoms with Gasteiger partial charge in [-0.05, 0) is 51.4 Å². The quantitative estimate of drug-likeness (QED) is 0.0265. The molecule has 2 atom stereocenters. The number of ether oxygens (including phenoxy) is 2. The average Bonchev–Trinajstić information content (AvgIpc) is 3.26. The molecule has 0 aromatic rings. The zero-order chi connectivity index (χ0) is 45.3. The van der Waals surface area contributed by atoms with E-state index in [1.54, 1.807) is 0 Å². The molecule has 0 amide bonds. The molecule has 0 radical (unpaired) electrons. The summed E-state index contributed by atoms with van der Waals surface area (Å²) in [7, 11) is -4.37. The molecule has 0 saturated carbocycles. The number of unbranched alkanes of at least 4 members (excludes halogenated alkanes) is 30. The van der Waals surface area contributed by atoms with Crippen LogP contribution in [0.25, 0.3) is 0 Å². The maximum atomic E-state index is 12.6. The van der Waals surface area contributed by atoms with Crippen LogP contribution in [0.3, 0.4) is 0 Å². The van der Waals surface area contributed by atoms with E-state index in [-0.39, 0.29) is 38.6 Å². The standard InChI is InChI=1S/C52H98NO8P/c1-3-5-7-9-11-13-15-16-17-18-19-20-21-22-23-24-25-26-27-28-29-30-31-32-33-34-35-37-39-41-43-45-52(55)61-50(49-60-62(56,57)59-47-46-53)48-58-51(54)44-42-40-38-36-14-12-10-8-6-4-2/h15-16,18-19,21-22,50H,3-14,17,20,23-49,53H2,1-2H3,(H,56,57)/b16-15-,19-18-,22-21-. The number of carbonyl (C=O) groups is 2. The maximum Gasteiger partial charge on any atom is 0.472 e. The van der Waals surface area contributed by atoms with Crippen molar-refractivity contribution >= 4 is 19.8 Å². The second-order valence-corrected chi connectivity index (χ2v) is 18.9. The fourth-order valence-electron chi connectivity index (χ4n) is 7.41. The first-order chi connectivity index (χ1) is 30.3. The van der Waals surface area contributed by atoms with Crippen LogP contribution < -0.4 is 5.73 Å². The van der Waals surface area contributed by atoms with Gasteiger partial charge in [0, 0.05) is 19.4 Å².